The van der Waals surface area contributed by atoms with E-state index in [1.807, 2.05) is 0 Å². The van der Waals surface area contributed by atoms with Crippen molar-refractivity contribution in [1.29, 1.82) is 0 Å². The van der Waals surface area contributed by atoms with Gasteiger partial charge in [0, 0.05) is 12.1 Å². The third kappa shape index (κ3) is 5.24. The fourth-order valence-corrected chi connectivity index (χ4v) is 1.73. The average Bonchev–Trinajstić information content (AvgIpc) is 2.37. The molecule has 1 aromatic rings. The summed E-state index contributed by atoms with van der Waals surface area (Å²) >= 11 is 5.85. The van der Waals surface area contributed by atoms with Crippen LogP contribution in [0, 0.1) is 0 Å². The van der Waals surface area contributed by atoms with Crippen molar-refractivity contribution in [2.24, 2.45) is 0 Å². The quantitative estimate of drug-likeness (QED) is 0.800. The first-order valence-corrected chi connectivity index (χ1v) is 6.61. The van der Waals surface area contributed by atoms with Crippen LogP contribution in [0.25, 0.3) is 0 Å². The summed E-state index contributed by atoms with van der Waals surface area (Å²) in [5.74, 6) is -1.32. The first-order chi connectivity index (χ1) is 9.76. The molecule has 0 fully saturated rings. The van der Waals surface area contributed by atoms with Crippen molar-refractivity contribution in [2.75, 3.05) is 13.7 Å². The lowest BCUT2D eigenvalue weighted by Crippen LogP contribution is -2.53. The fraction of sp³-hybridized carbons (Fsp3) is 0.429. The highest BCUT2D eigenvalue weighted by atomic mass is 35.5. The summed E-state index contributed by atoms with van der Waals surface area (Å²) in [6, 6.07) is 5.47. The van der Waals surface area contributed by atoms with Gasteiger partial charge in [0.05, 0.1) is 6.61 Å². The van der Waals surface area contributed by atoms with E-state index in [1.54, 1.807) is 24.3 Å². The van der Waals surface area contributed by atoms with Crippen molar-refractivity contribution in [3.8, 4) is 5.75 Å². The van der Waals surface area contributed by atoms with Crippen LogP contribution in [0.15, 0.2) is 24.3 Å². The minimum absolute atomic E-state index is 0.131. The van der Waals surface area contributed by atoms with Gasteiger partial charge in [-0.2, -0.15) is 0 Å². The molecule has 1 unspecified atom stereocenters. The number of ether oxygens (including phenoxy) is 2. The second kappa shape index (κ2) is 7.28. The smallest absolute Gasteiger partial charge is 0.328 e. The lowest BCUT2D eigenvalue weighted by molar-refractivity contribution is -0.146. The summed E-state index contributed by atoms with van der Waals surface area (Å²) < 4.78 is 10.3. The standard InChI is InChI=1S/C14H18ClNO5/c1-14(2,21-10-6-4-5-9(15)7-10)13(19)16-11(8-20-3)12(17)18/h4-7,11H,8H2,1-3H3,(H,16,19)(H,17,18). The minimum atomic E-state index is -1.26. The van der Waals surface area contributed by atoms with Gasteiger partial charge < -0.3 is 19.9 Å². The molecule has 21 heavy (non-hydrogen) atoms. The van der Waals surface area contributed by atoms with Gasteiger partial charge in [-0.3, -0.25) is 4.79 Å². The zero-order chi connectivity index (χ0) is 16.0. The van der Waals surface area contributed by atoms with Crippen molar-refractivity contribution in [3.05, 3.63) is 29.3 Å². The molecule has 0 bridgehead atoms. The van der Waals surface area contributed by atoms with Crippen LogP contribution < -0.4 is 10.1 Å². The van der Waals surface area contributed by atoms with Crippen LogP contribution >= 0.6 is 11.6 Å². The number of carbonyl (C=O) groups is 2. The van der Waals surface area contributed by atoms with Gasteiger partial charge in [-0.15, -0.1) is 0 Å². The molecule has 1 aromatic carbocycles. The minimum Gasteiger partial charge on any atom is -0.480 e. The Morgan fingerprint density at radius 2 is 2.10 bits per heavy atom. The number of hydrogen-bond acceptors (Lipinski definition) is 4. The topological polar surface area (TPSA) is 84.9 Å². The molecule has 1 atom stereocenters. The van der Waals surface area contributed by atoms with Crippen molar-refractivity contribution in [1.82, 2.24) is 5.32 Å². The third-order valence-corrected chi connectivity index (χ3v) is 2.89. The summed E-state index contributed by atoms with van der Waals surface area (Å²) in [4.78, 5) is 23.2. The Hall–Kier alpha value is -1.79. The van der Waals surface area contributed by atoms with Crippen molar-refractivity contribution < 1.29 is 24.2 Å². The van der Waals surface area contributed by atoms with Gasteiger partial charge in [-0.05, 0) is 32.0 Å². The van der Waals surface area contributed by atoms with Gasteiger partial charge in [0.25, 0.3) is 5.91 Å². The van der Waals surface area contributed by atoms with E-state index in [0.717, 1.165) is 0 Å². The number of carboxylic acids is 1. The lowest BCUT2D eigenvalue weighted by atomic mass is 10.1. The largest absolute Gasteiger partial charge is 0.480 e. The summed E-state index contributed by atoms with van der Waals surface area (Å²) in [7, 11) is 1.36. The van der Waals surface area contributed by atoms with Gasteiger partial charge in [0.2, 0.25) is 0 Å². The predicted octanol–water partition coefficient (Wildman–Crippen LogP) is 1.71. The molecule has 0 aliphatic carbocycles. The molecule has 0 heterocycles. The molecule has 116 valence electrons. The summed E-state index contributed by atoms with van der Waals surface area (Å²) in [6.07, 6.45) is 0. The molecule has 7 heteroatoms. The number of hydrogen-bond donors (Lipinski definition) is 2. The number of amides is 1. The number of nitrogens with one attached hydrogen (secondary N) is 1. The summed E-state index contributed by atoms with van der Waals surface area (Å²) in [5, 5.41) is 11.8. The van der Waals surface area contributed by atoms with E-state index < -0.39 is 23.5 Å². The van der Waals surface area contributed by atoms with Crippen LogP contribution in [0.2, 0.25) is 5.02 Å². The van der Waals surface area contributed by atoms with Crippen LogP contribution in [0.3, 0.4) is 0 Å². The van der Waals surface area contributed by atoms with E-state index in [0.29, 0.717) is 10.8 Å². The Balaban J connectivity index is 2.76. The Morgan fingerprint density at radius 1 is 1.43 bits per heavy atom. The molecule has 0 aromatic heterocycles. The summed E-state index contributed by atoms with van der Waals surface area (Å²) in [5.41, 5.74) is -1.26. The first kappa shape index (κ1) is 17.3. The number of carbonyl (C=O) groups excluding carboxylic acids is 1. The molecule has 0 saturated carbocycles. The molecule has 0 aliphatic rings. The Labute approximate surface area is 128 Å². The zero-order valence-corrected chi connectivity index (χ0v) is 12.8. The highest BCUT2D eigenvalue weighted by Crippen LogP contribution is 2.22. The monoisotopic (exact) mass is 315 g/mol. The number of benzene rings is 1. The van der Waals surface area contributed by atoms with Crippen LogP contribution in [0.4, 0.5) is 0 Å². The number of rotatable bonds is 7. The highest BCUT2D eigenvalue weighted by molar-refractivity contribution is 6.30. The first-order valence-electron chi connectivity index (χ1n) is 6.23. The molecular weight excluding hydrogens is 298 g/mol. The van der Waals surface area contributed by atoms with Crippen LogP contribution in [-0.4, -0.2) is 42.3 Å². The number of aliphatic carboxylic acids is 1. The van der Waals surface area contributed by atoms with Crippen LogP contribution in [0.1, 0.15) is 13.8 Å². The van der Waals surface area contributed by atoms with Gasteiger partial charge in [0.1, 0.15) is 5.75 Å². The lowest BCUT2D eigenvalue weighted by Gasteiger charge is -2.27. The van der Waals surface area contributed by atoms with Gasteiger partial charge >= 0.3 is 5.97 Å². The SMILES string of the molecule is COCC(NC(=O)C(C)(C)Oc1cccc(Cl)c1)C(=O)O. The van der Waals surface area contributed by atoms with Crippen LogP contribution in [0.5, 0.6) is 5.75 Å². The molecule has 1 rings (SSSR count). The van der Waals surface area contributed by atoms with E-state index in [2.05, 4.69) is 5.32 Å². The van der Waals surface area contributed by atoms with Crippen molar-refractivity contribution >= 4 is 23.5 Å². The molecule has 1 amide bonds. The molecule has 6 nitrogen and oxygen atoms in total. The number of halogens is 1. The Bertz CT molecular complexity index is 518. The van der Waals surface area contributed by atoms with Gasteiger partial charge in [-0.1, -0.05) is 17.7 Å². The van der Waals surface area contributed by atoms with Gasteiger partial charge in [0.15, 0.2) is 11.6 Å². The maximum Gasteiger partial charge on any atom is 0.328 e. The molecule has 0 radical (unpaired) electrons. The van der Waals surface area contributed by atoms with E-state index in [4.69, 9.17) is 26.2 Å². The highest BCUT2D eigenvalue weighted by Gasteiger charge is 2.33. The molecular formula is C14H18ClNO5. The number of carboxylic acid groups (broad SMARTS) is 1. The zero-order valence-electron chi connectivity index (χ0n) is 12.1. The maximum absolute atomic E-state index is 12.2. The van der Waals surface area contributed by atoms with Gasteiger partial charge in [-0.25, -0.2) is 4.79 Å². The second-order valence-electron chi connectivity index (χ2n) is 4.89. The van der Waals surface area contributed by atoms with Crippen molar-refractivity contribution in [2.45, 2.75) is 25.5 Å². The predicted molar refractivity (Wildman–Crippen MR) is 77.6 cm³/mol. The molecule has 0 spiro atoms. The molecule has 0 saturated heterocycles. The summed E-state index contributed by atoms with van der Waals surface area (Å²) in [6.45, 7) is 2.94. The van der Waals surface area contributed by atoms with Crippen LogP contribution in [-0.2, 0) is 14.3 Å². The number of methoxy groups -OCH3 is 1. The molecule has 0 aliphatic heterocycles. The normalized spacial score (nSPS) is 12.6. The Morgan fingerprint density at radius 3 is 2.62 bits per heavy atom. The second-order valence-corrected chi connectivity index (χ2v) is 5.33. The average molecular weight is 316 g/mol. The molecule has 2 N–H and O–H groups in total. The van der Waals surface area contributed by atoms with Crippen molar-refractivity contribution in [3.63, 3.8) is 0 Å². The Kier molecular flexibility index (Phi) is 5.99. The maximum atomic E-state index is 12.2. The van der Waals surface area contributed by atoms with E-state index in [-0.39, 0.29) is 6.61 Å². The fourth-order valence-electron chi connectivity index (χ4n) is 1.54. The van der Waals surface area contributed by atoms with E-state index in [1.165, 1.54) is 21.0 Å². The van der Waals surface area contributed by atoms with E-state index >= 15 is 0 Å². The van der Waals surface area contributed by atoms with E-state index in [9.17, 15) is 9.59 Å². The third-order valence-electron chi connectivity index (χ3n) is 2.65.